The minimum Gasteiger partial charge on any atom is -0.628 e. The predicted molar refractivity (Wildman–Crippen MR) is 408 cm³/mol. The molecular formula is C85H76N16O13Zn. The number of ether oxygens (including phenoxy) is 4. The van der Waals surface area contributed by atoms with Gasteiger partial charge in [-0.15, -0.1) is 20.4 Å². The number of hydrogen-bond donors (Lipinski definition) is 0. The van der Waals surface area contributed by atoms with Crippen molar-refractivity contribution in [3.8, 4) is 0 Å². The van der Waals surface area contributed by atoms with Gasteiger partial charge in [-0.2, -0.15) is 0 Å². The van der Waals surface area contributed by atoms with Crippen LogP contribution in [0.1, 0.15) is 224 Å². The first kappa shape index (κ1) is 82.1. The van der Waals surface area contributed by atoms with Crippen molar-refractivity contribution in [3.05, 3.63) is 341 Å². The fourth-order valence-corrected chi connectivity index (χ4v) is 12.4. The van der Waals surface area contributed by atoms with Crippen LogP contribution in [-0.2, 0) is 115 Å². The summed E-state index contributed by atoms with van der Waals surface area (Å²) >= 11 is 0. The molecule has 3 aliphatic heterocycles. The molecule has 28 bridgehead atoms. The first-order chi connectivity index (χ1) is 54.7. The topological polar surface area (TPSA) is 370 Å². The predicted octanol–water partition coefficient (Wildman–Crippen LogP) is 9.81. The fraction of sp³-hybridized carbons (Fsp3) is 0.212. The number of aromatic nitrogens is 16. The minimum absolute atomic E-state index is 0. The number of carbonyl (C=O) groups is 9. The third-order valence-electron chi connectivity index (χ3n) is 16.6. The SMILES string of the molecule is CC(C)=O.CC(C)=O.CC(C)=O.CC(C)=O.CC(C)=O.O=C1OCc2cn(nn2)Cc2cccc(c2)[C+]2c3ccc([n-]3)[C+]3c4cccc(c4)Cn4cc(nn4)COC(=O)c4cc5c(cc41)C(=O)OCc1cn(nn1)Cc1cccc(c1)[C+](c1ccc([n-]1)[C+](c1cccc(c1)Cn1cc(nn1)COC5=O)c1ccc3[n-]1)c1ccc2[n-]1.[Zn]. The van der Waals surface area contributed by atoms with Crippen molar-refractivity contribution in [3.63, 3.8) is 0 Å². The number of nitrogens with zero attached hydrogens (tertiary/aromatic N) is 16. The van der Waals surface area contributed by atoms with Crippen molar-refractivity contribution in [1.82, 2.24) is 79.9 Å². The molecule has 13 aromatic rings. The van der Waals surface area contributed by atoms with Crippen LogP contribution in [0.25, 0.3) is 0 Å². The van der Waals surface area contributed by atoms with Crippen molar-refractivity contribution in [1.29, 1.82) is 0 Å². The molecule has 0 unspecified atom stereocenters. The van der Waals surface area contributed by atoms with Gasteiger partial charge in [-0.05, 0) is 175 Å². The normalized spacial score (nSPS) is 13.2. The summed E-state index contributed by atoms with van der Waals surface area (Å²) in [6, 6.07) is 50.3. The molecule has 576 valence electrons. The Morgan fingerprint density at radius 3 is 0.661 bits per heavy atom. The van der Waals surface area contributed by atoms with Crippen LogP contribution >= 0.6 is 0 Å². The van der Waals surface area contributed by atoms with Crippen LogP contribution in [0.15, 0.2) is 183 Å². The number of carbonyl (C=O) groups excluding carboxylic acids is 9. The molecule has 0 atom stereocenters. The first-order valence-corrected chi connectivity index (χ1v) is 36.0. The Bertz CT molecular complexity index is 5020. The van der Waals surface area contributed by atoms with Gasteiger partial charge >= 0.3 is 23.9 Å². The van der Waals surface area contributed by atoms with E-state index in [0.717, 1.165) is 80.3 Å². The van der Waals surface area contributed by atoms with E-state index < -0.39 is 72.6 Å². The summed E-state index contributed by atoms with van der Waals surface area (Å²) in [4.78, 5) is 128. The molecule has 16 rings (SSSR count). The van der Waals surface area contributed by atoms with Crippen LogP contribution in [0, 0.1) is 23.7 Å². The second-order valence-electron chi connectivity index (χ2n) is 27.6. The van der Waals surface area contributed by atoms with Gasteiger partial charge in [-0.25, -0.2) is 37.9 Å². The van der Waals surface area contributed by atoms with Crippen LogP contribution in [0.2, 0.25) is 0 Å². The standard InChI is InChI=1S/C70H46N16O8.5C3H6O.Zn/c87-67-51-25-53-54-26-52(51)68(88)92-36-48-32-84(80-76-48)28-40-6-2-10-44(22-40)64-56-14-13-55(71-56)63(43-9-1-5-39(21-43)27-83-31-47(35-91-67)75-79-83)59-17-18-60(73-59)65(45-11-3-7-41(23-45)29-85-33-49(77-81-85)37-93-69(53)89)57-15-16-58(72-57)66(62-20-19-61(64)74-62)46-12-4-8-42(24-46)30-86-34-50(78-82-86)38-94-70(54)90;5*1-3(2)4;/h1-26,31-34H,27-30,35-38H2;5*1-2H3;. The van der Waals surface area contributed by atoms with Gasteiger partial charge in [-0.1, -0.05) is 20.9 Å². The molecule has 0 amide bonds. The van der Waals surface area contributed by atoms with E-state index in [1.165, 1.54) is 69.2 Å². The second-order valence-corrected chi connectivity index (χ2v) is 27.6. The van der Waals surface area contributed by atoms with Gasteiger partial charge in [0.2, 0.25) is 0 Å². The van der Waals surface area contributed by atoms with Crippen LogP contribution in [0.3, 0.4) is 0 Å². The van der Waals surface area contributed by atoms with E-state index >= 15 is 0 Å². The summed E-state index contributed by atoms with van der Waals surface area (Å²) < 4.78 is 29.9. The summed E-state index contributed by atoms with van der Waals surface area (Å²) in [5.74, 6) is -0.481. The first-order valence-electron chi connectivity index (χ1n) is 36.0. The quantitative estimate of drug-likeness (QED) is 0.0589. The van der Waals surface area contributed by atoms with Crippen molar-refractivity contribution >= 4 is 52.8 Å². The molecule has 0 fully saturated rings. The van der Waals surface area contributed by atoms with Crippen molar-refractivity contribution in [2.24, 2.45) is 0 Å². The zero-order valence-electron chi connectivity index (χ0n) is 64.6. The van der Waals surface area contributed by atoms with E-state index in [2.05, 4.69) is 65.5 Å². The largest absolute Gasteiger partial charge is 0.628 e. The molecule has 8 aromatic heterocycles. The van der Waals surface area contributed by atoms with Crippen LogP contribution in [-0.4, -0.2) is 113 Å². The Morgan fingerprint density at radius 2 is 0.478 bits per heavy atom. The van der Waals surface area contributed by atoms with Crippen LogP contribution in [0.5, 0.6) is 0 Å². The van der Waals surface area contributed by atoms with Crippen molar-refractivity contribution in [2.75, 3.05) is 0 Å². The van der Waals surface area contributed by atoms with E-state index in [-0.39, 0.29) is 97.3 Å². The Morgan fingerprint density at radius 1 is 0.296 bits per heavy atom. The summed E-state index contributed by atoms with van der Waals surface area (Å²) in [5.41, 5.74) is 11.0. The third kappa shape index (κ3) is 21.0. The van der Waals surface area contributed by atoms with E-state index in [9.17, 15) is 43.2 Å². The van der Waals surface area contributed by atoms with Gasteiger partial charge in [0.05, 0.1) is 95.5 Å². The minimum atomic E-state index is -1.08. The number of rotatable bonds is 0. The van der Waals surface area contributed by atoms with Gasteiger partial charge < -0.3 is 62.9 Å². The molecule has 115 heavy (non-hydrogen) atoms. The molecule has 0 aliphatic carbocycles. The van der Waals surface area contributed by atoms with Gasteiger partial charge in [0.25, 0.3) is 0 Å². The van der Waals surface area contributed by atoms with E-state index in [1.54, 1.807) is 43.5 Å². The number of ketones is 5. The Balaban J connectivity index is 0.000000560. The summed E-state index contributed by atoms with van der Waals surface area (Å²) in [6.07, 6.45) is 6.51. The average Bonchev–Trinajstić information content (AvgIpc) is 1.70. The number of cyclic esters (lactones) is 4. The molecule has 11 heterocycles. The summed E-state index contributed by atoms with van der Waals surface area (Å²) in [7, 11) is 0. The van der Waals surface area contributed by atoms with E-state index in [4.69, 9.17) is 38.9 Å². The maximum atomic E-state index is 14.6. The van der Waals surface area contributed by atoms with Crippen molar-refractivity contribution < 1.29 is 81.6 Å². The van der Waals surface area contributed by atoms with Gasteiger partial charge in [-0.3, -0.25) is 0 Å². The number of fused-ring (bicyclic) bond motifs is 30. The zero-order chi connectivity index (χ0) is 80.9. The Hall–Kier alpha value is -13.9. The average molecular weight is 1600 g/mol. The van der Waals surface area contributed by atoms with E-state index in [0.29, 0.717) is 45.6 Å². The fourth-order valence-electron chi connectivity index (χ4n) is 12.4. The maximum absolute atomic E-state index is 14.6. The Labute approximate surface area is 673 Å². The molecule has 0 saturated heterocycles. The van der Waals surface area contributed by atoms with Gasteiger partial charge in [0.15, 0.2) is 0 Å². The molecule has 5 aromatic carbocycles. The molecule has 3 aliphatic rings. The van der Waals surface area contributed by atoms with Gasteiger partial charge in [0.1, 0.15) is 78.1 Å². The molecule has 30 heteroatoms. The van der Waals surface area contributed by atoms with Crippen LogP contribution < -0.4 is 19.9 Å². The molecule has 29 nitrogen and oxygen atoms in total. The smallest absolute Gasteiger partial charge is 0.339 e. The molecular weight excluding hydrogens is 1520 g/mol. The molecule has 0 saturated carbocycles. The second kappa shape index (κ2) is 37.0. The van der Waals surface area contributed by atoms with E-state index in [1.807, 2.05) is 121 Å². The monoisotopic (exact) mass is 1590 g/mol. The number of hydrogen-bond acceptors (Lipinski definition) is 21. The number of benzene rings is 5. The maximum Gasteiger partial charge on any atom is 0.339 e. The third-order valence-corrected chi connectivity index (χ3v) is 16.6. The molecule has 0 radical (unpaired) electrons. The molecule has 0 N–H and O–H groups in total. The van der Waals surface area contributed by atoms with Crippen LogP contribution in [0.4, 0.5) is 0 Å². The van der Waals surface area contributed by atoms with Gasteiger partial charge in [0, 0.05) is 162 Å². The number of esters is 4. The zero-order valence-corrected chi connectivity index (χ0v) is 67.6. The Kier molecular flexibility index (Phi) is 26.4. The van der Waals surface area contributed by atoms with Crippen molar-refractivity contribution in [2.45, 2.75) is 122 Å². The summed E-state index contributed by atoms with van der Waals surface area (Å²) in [6.45, 7) is 14.5. The number of Topliss-reactive ketones (excluding diaryl/α,β-unsaturated/α-hetero) is 5. The summed E-state index contributed by atoms with van der Waals surface area (Å²) in [5, 5.41) is 35.0. The molecule has 0 spiro atoms.